The van der Waals surface area contributed by atoms with Crippen LogP contribution in [0, 0.1) is 0 Å². The minimum atomic E-state index is -0.508. The number of nitrogens with zero attached hydrogens (tertiary/aromatic N) is 1. The van der Waals surface area contributed by atoms with Crippen molar-refractivity contribution in [1.29, 1.82) is 0 Å². The van der Waals surface area contributed by atoms with E-state index >= 15 is 0 Å². The number of carbonyl (C=O) groups excluding carboxylic acids is 1. The molecule has 26 heavy (non-hydrogen) atoms. The molecule has 2 aromatic rings. The second-order valence-corrected chi connectivity index (χ2v) is 7.49. The smallest absolute Gasteiger partial charge is 0.260 e. The van der Waals surface area contributed by atoms with E-state index < -0.39 is 6.10 Å². The van der Waals surface area contributed by atoms with Crippen LogP contribution in [-0.2, 0) is 11.2 Å². The van der Waals surface area contributed by atoms with Crippen LogP contribution in [0.1, 0.15) is 25.3 Å². The zero-order valence-electron chi connectivity index (χ0n) is 15.1. The quantitative estimate of drug-likeness (QED) is 0.688. The predicted molar refractivity (Wildman–Crippen MR) is 109 cm³/mol. The first-order chi connectivity index (χ1) is 12.6. The van der Waals surface area contributed by atoms with Gasteiger partial charge < -0.3 is 15.0 Å². The molecule has 0 saturated heterocycles. The van der Waals surface area contributed by atoms with Crippen LogP contribution in [0.5, 0.6) is 5.75 Å². The van der Waals surface area contributed by atoms with Crippen LogP contribution in [0.25, 0.3) is 0 Å². The molecule has 1 atom stereocenters. The summed E-state index contributed by atoms with van der Waals surface area (Å²) in [5.41, 5.74) is 2.77. The summed E-state index contributed by atoms with van der Waals surface area (Å²) in [7, 11) is 0. The van der Waals surface area contributed by atoms with Gasteiger partial charge >= 0.3 is 0 Å². The Kier molecular flexibility index (Phi) is 6.56. The summed E-state index contributed by atoms with van der Waals surface area (Å²) in [4.78, 5) is 14.6. The Labute approximate surface area is 163 Å². The van der Waals surface area contributed by atoms with Gasteiger partial charge in [0.15, 0.2) is 6.10 Å². The summed E-state index contributed by atoms with van der Waals surface area (Å²) in [5, 5.41) is 2.98. The average Bonchev–Trinajstić information content (AvgIpc) is 2.67. The van der Waals surface area contributed by atoms with Gasteiger partial charge in [-0.3, -0.25) is 4.79 Å². The van der Waals surface area contributed by atoms with Gasteiger partial charge in [-0.2, -0.15) is 0 Å². The van der Waals surface area contributed by atoms with Gasteiger partial charge in [-0.15, -0.1) is 0 Å². The molecule has 0 aliphatic carbocycles. The van der Waals surface area contributed by atoms with Crippen molar-refractivity contribution in [3.05, 3.63) is 58.6 Å². The van der Waals surface area contributed by atoms with Crippen LogP contribution in [0.15, 0.2) is 53.0 Å². The maximum Gasteiger partial charge on any atom is 0.260 e. The van der Waals surface area contributed by atoms with Crippen LogP contribution >= 0.6 is 15.9 Å². The molecule has 1 unspecified atom stereocenters. The first-order valence-electron chi connectivity index (χ1n) is 9.16. The van der Waals surface area contributed by atoms with Crippen molar-refractivity contribution < 1.29 is 9.53 Å². The molecule has 4 nitrogen and oxygen atoms in total. The monoisotopic (exact) mass is 416 g/mol. The minimum Gasteiger partial charge on any atom is -0.481 e. The van der Waals surface area contributed by atoms with Crippen molar-refractivity contribution in [3.63, 3.8) is 0 Å². The summed E-state index contributed by atoms with van der Waals surface area (Å²) >= 11 is 3.39. The Morgan fingerprint density at radius 3 is 2.81 bits per heavy atom. The van der Waals surface area contributed by atoms with E-state index in [-0.39, 0.29) is 5.91 Å². The summed E-state index contributed by atoms with van der Waals surface area (Å²) in [6.07, 6.45) is 2.77. The molecule has 138 valence electrons. The molecule has 0 bridgehead atoms. The highest BCUT2D eigenvalue weighted by Gasteiger charge is 2.17. The van der Waals surface area contributed by atoms with Crippen molar-refractivity contribution in [2.75, 3.05) is 24.5 Å². The number of hydrogen-bond acceptors (Lipinski definition) is 3. The number of rotatable bonds is 7. The van der Waals surface area contributed by atoms with Crippen LogP contribution in [0.2, 0.25) is 0 Å². The number of hydrogen-bond donors (Lipinski definition) is 1. The van der Waals surface area contributed by atoms with E-state index in [0.717, 1.165) is 30.4 Å². The maximum absolute atomic E-state index is 12.2. The molecule has 2 aromatic carbocycles. The highest BCUT2D eigenvalue weighted by molar-refractivity contribution is 9.10. The van der Waals surface area contributed by atoms with Crippen LogP contribution < -0.4 is 15.0 Å². The number of halogens is 1. The summed E-state index contributed by atoms with van der Waals surface area (Å²) < 4.78 is 6.67. The lowest BCUT2D eigenvalue weighted by atomic mass is 10.0. The zero-order valence-corrected chi connectivity index (χ0v) is 16.7. The molecular formula is C21H25BrN2O2. The first-order valence-corrected chi connectivity index (χ1v) is 9.95. The second-order valence-electron chi connectivity index (χ2n) is 6.58. The number of ether oxygens (including phenoxy) is 1. The molecule has 1 aliphatic heterocycles. The molecule has 0 fully saturated rings. The SMILES string of the molecule is CC(Oc1ccc(Br)cc1)C(=O)NCCCN1CCCc2ccccc21. The third-order valence-electron chi connectivity index (χ3n) is 4.61. The molecule has 0 saturated carbocycles. The fourth-order valence-electron chi connectivity index (χ4n) is 3.24. The van der Waals surface area contributed by atoms with E-state index in [1.165, 1.54) is 17.7 Å². The fraction of sp³-hybridized carbons (Fsp3) is 0.381. The van der Waals surface area contributed by atoms with Gasteiger partial charge in [-0.1, -0.05) is 34.1 Å². The maximum atomic E-state index is 12.2. The lowest BCUT2D eigenvalue weighted by Gasteiger charge is -2.31. The number of amides is 1. The van der Waals surface area contributed by atoms with Gasteiger partial charge in [-0.25, -0.2) is 0 Å². The standard InChI is InChI=1S/C21H25BrN2O2/c1-16(26-19-11-9-18(22)10-12-19)21(25)23-13-5-15-24-14-4-7-17-6-2-3-8-20(17)24/h2-3,6,8-12,16H,4-5,7,13-15H2,1H3,(H,23,25). The van der Waals surface area contributed by atoms with Gasteiger partial charge in [-0.05, 0) is 62.1 Å². The number of nitrogens with one attached hydrogen (secondary N) is 1. The second kappa shape index (κ2) is 9.08. The van der Waals surface area contributed by atoms with Crippen LogP contribution in [0.4, 0.5) is 5.69 Å². The van der Waals surface area contributed by atoms with E-state index in [9.17, 15) is 4.79 Å². The predicted octanol–water partition coefficient (Wildman–Crippen LogP) is 4.18. The van der Waals surface area contributed by atoms with Gasteiger partial charge in [0.05, 0.1) is 0 Å². The number of carbonyl (C=O) groups is 1. The minimum absolute atomic E-state index is 0.0769. The number of benzene rings is 2. The molecule has 1 N–H and O–H groups in total. The Hall–Kier alpha value is -2.01. The molecule has 1 heterocycles. The highest BCUT2D eigenvalue weighted by Crippen LogP contribution is 2.26. The van der Waals surface area contributed by atoms with Crippen molar-refractivity contribution >= 4 is 27.5 Å². The highest BCUT2D eigenvalue weighted by atomic mass is 79.9. The van der Waals surface area contributed by atoms with Crippen molar-refractivity contribution in [2.24, 2.45) is 0 Å². The molecule has 0 aromatic heterocycles. The van der Waals surface area contributed by atoms with E-state index in [2.05, 4.69) is 50.4 Å². The van der Waals surface area contributed by atoms with Crippen molar-refractivity contribution in [3.8, 4) is 5.75 Å². The Bertz CT molecular complexity index is 733. The normalized spacial score (nSPS) is 14.5. The Morgan fingerprint density at radius 1 is 1.23 bits per heavy atom. The molecule has 3 rings (SSSR count). The lowest BCUT2D eigenvalue weighted by Crippen LogP contribution is -2.38. The molecular weight excluding hydrogens is 392 g/mol. The Morgan fingerprint density at radius 2 is 2.00 bits per heavy atom. The molecule has 0 radical (unpaired) electrons. The first kappa shape index (κ1) is 18.8. The molecule has 0 spiro atoms. The third-order valence-corrected chi connectivity index (χ3v) is 5.13. The number of anilines is 1. The van der Waals surface area contributed by atoms with Crippen LogP contribution in [0.3, 0.4) is 0 Å². The van der Waals surface area contributed by atoms with E-state index in [4.69, 9.17) is 4.74 Å². The summed E-state index contributed by atoms with van der Waals surface area (Å²) in [5.74, 6) is 0.618. The summed E-state index contributed by atoms with van der Waals surface area (Å²) in [6, 6.07) is 16.1. The molecule has 5 heteroatoms. The van der Waals surface area contributed by atoms with Gasteiger partial charge in [0.25, 0.3) is 5.91 Å². The van der Waals surface area contributed by atoms with Gasteiger partial charge in [0.2, 0.25) is 0 Å². The zero-order chi connectivity index (χ0) is 18.4. The topological polar surface area (TPSA) is 41.6 Å². The number of aryl methyl sites for hydroxylation is 1. The lowest BCUT2D eigenvalue weighted by molar-refractivity contribution is -0.127. The van der Waals surface area contributed by atoms with Gasteiger partial charge in [0.1, 0.15) is 5.75 Å². The van der Waals surface area contributed by atoms with Crippen molar-refractivity contribution in [2.45, 2.75) is 32.3 Å². The Balaban J connectivity index is 1.41. The van der Waals surface area contributed by atoms with E-state index in [1.54, 1.807) is 6.92 Å². The van der Waals surface area contributed by atoms with Gasteiger partial charge in [0, 0.05) is 29.8 Å². The van der Waals surface area contributed by atoms with Crippen molar-refractivity contribution in [1.82, 2.24) is 5.32 Å². The van der Waals surface area contributed by atoms with E-state index in [0.29, 0.717) is 12.3 Å². The number of para-hydroxylation sites is 1. The number of fused-ring (bicyclic) bond motifs is 1. The largest absolute Gasteiger partial charge is 0.481 e. The molecule has 1 aliphatic rings. The van der Waals surface area contributed by atoms with Crippen LogP contribution in [-0.4, -0.2) is 31.6 Å². The fourth-order valence-corrected chi connectivity index (χ4v) is 3.50. The third kappa shape index (κ3) is 5.01. The average molecular weight is 417 g/mol. The molecule has 1 amide bonds. The van der Waals surface area contributed by atoms with E-state index in [1.807, 2.05) is 24.3 Å². The summed E-state index contributed by atoms with van der Waals surface area (Å²) in [6.45, 7) is 4.48.